The molecule has 2 N–H and O–H groups in total. The van der Waals surface area contributed by atoms with Crippen molar-refractivity contribution in [2.75, 3.05) is 19.8 Å². The van der Waals surface area contributed by atoms with Gasteiger partial charge in [-0.1, -0.05) is 0 Å². The van der Waals surface area contributed by atoms with E-state index in [9.17, 15) is 9.46 Å². The lowest BCUT2D eigenvalue weighted by molar-refractivity contribution is -0.227. The van der Waals surface area contributed by atoms with Crippen LogP contribution in [0.4, 0.5) is 0 Å². The summed E-state index contributed by atoms with van der Waals surface area (Å²) in [6.07, 6.45) is -1.20. The quantitative estimate of drug-likeness (QED) is 0.524. The fraction of sp³-hybridized carbons (Fsp3) is 1.00. The molecule has 0 bridgehead atoms. The Labute approximate surface area is 70.4 Å². The highest BCUT2D eigenvalue weighted by molar-refractivity contribution is 7.45. The Kier molecular flexibility index (Phi) is 5.65. The fourth-order valence-electron chi connectivity index (χ4n) is 0.425. The van der Waals surface area contributed by atoms with Gasteiger partial charge in [0.25, 0.3) is 7.82 Å². The molecule has 0 saturated heterocycles. The molecule has 0 aromatic carbocycles. The molecule has 0 amide bonds. The van der Waals surface area contributed by atoms with Gasteiger partial charge in [0.1, 0.15) is 6.10 Å². The molecule has 74 valence electrons. The summed E-state index contributed by atoms with van der Waals surface area (Å²) in [6.45, 7) is 0.440. The van der Waals surface area contributed by atoms with Crippen molar-refractivity contribution < 1.29 is 28.7 Å². The van der Waals surface area contributed by atoms with Crippen LogP contribution in [0.3, 0.4) is 0 Å². The maximum atomic E-state index is 10.6. The van der Waals surface area contributed by atoms with E-state index >= 15 is 0 Å². The zero-order valence-corrected chi connectivity index (χ0v) is 7.57. The summed E-state index contributed by atoms with van der Waals surface area (Å²) in [4.78, 5) is 10.6. The van der Waals surface area contributed by atoms with Crippen LogP contribution in [0.2, 0.25) is 0 Å². The molecule has 0 aliphatic heterocycles. The van der Waals surface area contributed by atoms with E-state index in [1.165, 1.54) is 6.92 Å². The molecular weight excluding hydrogens is 187 g/mol. The van der Waals surface area contributed by atoms with E-state index in [2.05, 4.69) is 9.05 Å². The molecule has 0 aliphatic rings. The third-order valence-corrected chi connectivity index (χ3v) is 1.96. The lowest BCUT2D eigenvalue weighted by Gasteiger charge is -2.22. The molecule has 6 nitrogen and oxygen atoms in total. The number of phosphoric ester groups is 1. The molecule has 0 aromatic heterocycles. The first-order chi connectivity index (χ1) is 5.52. The van der Waals surface area contributed by atoms with Crippen LogP contribution in [0.15, 0.2) is 0 Å². The minimum Gasteiger partial charge on any atom is -0.756 e. The Bertz CT molecular complexity index is 160. The van der Waals surface area contributed by atoms with Crippen LogP contribution < -0.4 is 4.89 Å². The minimum absolute atomic E-state index is 0.0179. The SMILES string of the molecule is CCOP(=O)([O-])OCC(O)CO. The molecule has 0 saturated carbocycles. The van der Waals surface area contributed by atoms with Gasteiger partial charge in [0.05, 0.1) is 19.8 Å². The molecule has 0 rings (SSSR count). The van der Waals surface area contributed by atoms with E-state index in [1.54, 1.807) is 0 Å². The van der Waals surface area contributed by atoms with E-state index in [0.29, 0.717) is 0 Å². The zero-order valence-electron chi connectivity index (χ0n) is 6.67. The van der Waals surface area contributed by atoms with Crippen molar-refractivity contribution in [3.05, 3.63) is 0 Å². The largest absolute Gasteiger partial charge is 0.756 e. The van der Waals surface area contributed by atoms with Gasteiger partial charge in [0, 0.05) is 0 Å². The summed E-state index contributed by atoms with van der Waals surface area (Å²) in [6, 6.07) is 0. The highest BCUT2D eigenvalue weighted by atomic mass is 31.2. The Balaban J connectivity index is 3.67. The van der Waals surface area contributed by atoms with Crippen molar-refractivity contribution in [1.29, 1.82) is 0 Å². The van der Waals surface area contributed by atoms with Crippen molar-refractivity contribution >= 4 is 7.82 Å². The summed E-state index contributed by atoms with van der Waals surface area (Å²) in [7, 11) is -4.28. The smallest absolute Gasteiger partial charge is 0.267 e. The summed E-state index contributed by atoms with van der Waals surface area (Å²) in [5.74, 6) is 0. The summed E-state index contributed by atoms with van der Waals surface area (Å²) in [5.41, 5.74) is 0. The first-order valence-corrected chi connectivity index (χ1v) is 4.87. The Morgan fingerprint density at radius 2 is 2.17 bits per heavy atom. The molecule has 2 atom stereocenters. The van der Waals surface area contributed by atoms with Gasteiger partial charge in [-0.2, -0.15) is 0 Å². The van der Waals surface area contributed by atoms with Crippen LogP contribution >= 0.6 is 7.82 Å². The van der Waals surface area contributed by atoms with E-state index in [-0.39, 0.29) is 6.61 Å². The standard InChI is InChI=1S/C5H13O6P/c1-2-10-12(8,9)11-4-5(7)3-6/h5-7H,2-4H2,1H3,(H,8,9)/p-1. The highest BCUT2D eigenvalue weighted by Crippen LogP contribution is 2.37. The van der Waals surface area contributed by atoms with E-state index < -0.39 is 27.1 Å². The molecule has 0 spiro atoms. The second-order valence-corrected chi connectivity index (χ2v) is 3.41. The Morgan fingerprint density at radius 3 is 2.58 bits per heavy atom. The van der Waals surface area contributed by atoms with Gasteiger partial charge in [-0.3, -0.25) is 4.57 Å². The van der Waals surface area contributed by atoms with Crippen LogP contribution in [0.5, 0.6) is 0 Å². The normalized spacial score (nSPS) is 18.7. The van der Waals surface area contributed by atoms with Crippen molar-refractivity contribution in [3.8, 4) is 0 Å². The van der Waals surface area contributed by atoms with E-state index in [1.807, 2.05) is 0 Å². The maximum Gasteiger partial charge on any atom is 0.267 e. The number of hydrogen-bond donors (Lipinski definition) is 2. The summed E-state index contributed by atoms with van der Waals surface area (Å²) >= 11 is 0. The number of phosphoric acid groups is 1. The van der Waals surface area contributed by atoms with Crippen LogP contribution in [0.1, 0.15) is 6.92 Å². The molecular formula is C5H12O6P-. The molecule has 0 heterocycles. The first kappa shape index (κ1) is 12.0. The van der Waals surface area contributed by atoms with E-state index in [4.69, 9.17) is 10.2 Å². The van der Waals surface area contributed by atoms with Gasteiger partial charge in [0.15, 0.2) is 0 Å². The predicted molar refractivity (Wildman–Crippen MR) is 38.3 cm³/mol. The van der Waals surface area contributed by atoms with Crippen molar-refractivity contribution in [1.82, 2.24) is 0 Å². The van der Waals surface area contributed by atoms with Crippen LogP contribution in [0.25, 0.3) is 0 Å². The lowest BCUT2D eigenvalue weighted by atomic mass is 10.4. The van der Waals surface area contributed by atoms with Gasteiger partial charge in [-0.15, -0.1) is 0 Å². The number of aliphatic hydroxyl groups is 2. The van der Waals surface area contributed by atoms with Crippen LogP contribution in [0, 0.1) is 0 Å². The van der Waals surface area contributed by atoms with Gasteiger partial charge in [-0.25, -0.2) is 0 Å². The Morgan fingerprint density at radius 1 is 1.58 bits per heavy atom. The van der Waals surface area contributed by atoms with Gasteiger partial charge < -0.3 is 24.2 Å². The monoisotopic (exact) mass is 199 g/mol. The molecule has 0 aromatic rings. The number of rotatable bonds is 6. The molecule has 2 unspecified atom stereocenters. The predicted octanol–water partition coefficient (Wildman–Crippen LogP) is -1.14. The van der Waals surface area contributed by atoms with Gasteiger partial charge in [0.2, 0.25) is 0 Å². The van der Waals surface area contributed by atoms with Gasteiger partial charge >= 0.3 is 0 Å². The summed E-state index contributed by atoms with van der Waals surface area (Å²) in [5, 5.41) is 17.0. The maximum absolute atomic E-state index is 10.6. The molecule has 0 radical (unpaired) electrons. The van der Waals surface area contributed by atoms with Crippen molar-refractivity contribution in [2.24, 2.45) is 0 Å². The molecule has 0 aliphatic carbocycles. The average molecular weight is 199 g/mol. The highest BCUT2D eigenvalue weighted by Gasteiger charge is 2.10. The first-order valence-electron chi connectivity index (χ1n) is 3.41. The Hall–Kier alpha value is 0.0300. The topological polar surface area (TPSA) is 99.1 Å². The fourth-order valence-corrected chi connectivity index (χ4v) is 1.17. The van der Waals surface area contributed by atoms with Crippen LogP contribution in [-0.4, -0.2) is 36.1 Å². The van der Waals surface area contributed by atoms with E-state index in [0.717, 1.165) is 0 Å². The minimum atomic E-state index is -4.28. The second kappa shape index (κ2) is 5.64. The molecule has 12 heavy (non-hydrogen) atoms. The zero-order chi connectivity index (χ0) is 9.61. The average Bonchev–Trinajstić information content (AvgIpc) is 2.00. The molecule has 7 heteroatoms. The van der Waals surface area contributed by atoms with Crippen molar-refractivity contribution in [3.63, 3.8) is 0 Å². The lowest BCUT2D eigenvalue weighted by Crippen LogP contribution is -2.21. The number of aliphatic hydroxyl groups excluding tert-OH is 2. The number of hydrogen-bond acceptors (Lipinski definition) is 6. The third-order valence-electron chi connectivity index (χ3n) is 0.923. The van der Waals surface area contributed by atoms with Crippen LogP contribution in [-0.2, 0) is 13.6 Å². The summed E-state index contributed by atoms with van der Waals surface area (Å²) < 4.78 is 19.0. The second-order valence-electron chi connectivity index (χ2n) is 2.00. The third kappa shape index (κ3) is 5.65. The van der Waals surface area contributed by atoms with Crippen molar-refractivity contribution in [2.45, 2.75) is 13.0 Å². The van der Waals surface area contributed by atoms with Gasteiger partial charge in [-0.05, 0) is 6.92 Å². The molecule has 0 fully saturated rings.